The lowest BCUT2D eigenvalue weighted by Gasteiger charge is -2.20. The van der Waals surface area contributed by atoms with Gasteiger partial charge < -0.3 is 19.5 Å². The van der Waals surface area contributed by atoms with Crippen LogP contribution in [0.4, 0.5) is 0 Å². The molecule has 29 heavy (non-hydrogen) atoms. The van der Waals surface area contributed by atoms with Crippen molar-refractivity contribution >= 4 is 17.7 Å². The molecule has 0 aliphatic carbocycles. The molecule has 7 nitrogen and oxygen atoms in total. The van der Waals surface area contributed by atoms with Gasteiger partial charge in [0.15, 0.2) is 6.61 Å². The molecule has 0 fully saturated rings. The van der Waals surface area contributed by atoms with E-state index in [1.54, 1.807) is 32.0 Å². The molecule has 0 saturated carbocycles. The molecule has 0 heterocycles. The first kappa shape index (κ1) is 24.6. The van der Waals surface area contributed by atoms with Crippen molar-refractivity contribution in [3.63, 3.8) is 0 Å². The van der Waals surface area contributed by atoms with Gasteiger partial charge in [0, 0.05) is 18.4 Å². The molecule has 1 atom stereocenters. The number of rotatable bonds is 12. The average Bonchev–Trinajstić information content (AvgIpc) is 2.65. The zero-order chi connectivity index (χ0) is 21.9. The average molecular weight is 408 g/mol. The maximum atomic E-state index is 12.3. The summed E-state index contributed by atoms with van der Waals surface area (Å²) in [5.74, 6) is -0.163. The van der Waals surface area contributed by atoms with E-state index in [1.807, 2.05) is 26.8 Å². The molecule has 1 unspecified atom stereocenters. The van der Waals surface area contributed by atoms with E-state index in [2.05, 4.69) is 5.32 Å². The molecule has 0 aliphatic heterocycles. The molecule has 0 aromatic heterocycles. The lowest BCUT2D eigenvalue weighted by molar-refractivity contribution is -0.146. The van der Waals surface area contributed by atoms with Crippen LogP contribution < -0.4 is 10.1 Å². The van der Waals surface area contributed by atoms with Gasteiger partial charge in [-0.1, -0.05) is 32.9 Å². The van der Waals surface area contributed by atoms with Crippen molar-refractivity contribution < 1.29 is 28.6 Å². The normalized spacial score (nSPS) is 12.2. The van der Waals surface area contributed by atoms with Crippen molar-refractivity contribution in [2.45, 2.75) is 53.5 Å². The van der Waals surface area contributed by atoms with Crippen molar-refractivity contribution in [3.8, 4) is 5.75 Å². The summed E-state index contributed by atoms with van der Waals surface area (Å²) >= 11 is 0. The fourth-order valence-electron chi connectivity index (χ4n) is 2.56. The van der Waals surface area contributed by atoms with Gasteiger partial charge in [0.1, 0.15) is 17.6 Å². The Bertz CT molecular complexity index is 680. The summed E-state index contributed by atoms with van der Waals surface area (Å²) < 4.78 is 15.4. The number of nitrogens with one attached hydrogen (secondary N) is 1. The lowest BCUT2D eigenvalue weighted by Crippen LogP contribution is -2.41. The first-order chi connectivity index (χ1) is 13.7. The van der Waals surface area contributed by atoms with Gasteiger partial charge in [0.25, 0.3) is 0 Å². The van der Waals surface area contributed by atoms with Gasteiger partial charge in [0.05, 0.1) is 13.2 Å². The van der Waals surface area contributed by atoms with Crippen molar-refractivity contribution in [1.29, 1.82) is 0 Å². The van der Waals surface area contributed by atoms with E-state index in [9.17, 15) is 14.4 Å². The fraction of sp³-hybridized carbons (Fsp3) is 0.591. The van der Waals surface area contributed by atoms with Crippen LogP contribution in [0.25, 0.3) is 0 Å². The first-order valence-electron chi connectivity index (χ1n) is 9.98. The van der Waals surface area contributed by atoms with Crippen LogP contribution in [-0.2, 0) is 30.3 Å². The molecular formula is C22H33NO6. The van der Waals surface area contributed by atoms with E-state index < -0.39 is 17.4 Å². The second-order valence-electron chi connectivity index (χ2n) is 7.63. The molecule has 1 aromatic carbocycles. The predicted octanol–water partition coefficient (Wildman–Crippen LogP) is 2.70. The number of hydrogen-bond donors (Lipinski definition) is 1. The number of benzene rings is 1. The largest absolute Gasteiger partial charge is 0.482 e. The van der Waals surface area contributed by atoms with Gasteiger partial charge in [-0.3, -0.25) is 9.59 Å². The zero-order valence-corrected chi connectivity index (χ0v) is 18.1. The Morgan fingerprint density at radius 3 is 2.38 bits per heavy atom. The zero-order valence-electron chi connectivity index (χ0n) is 18.1. The summed E-state index contributed by atoms with van der Waals surface area (Å²) in [4.78, 5) is 35.9. The highest BCUT2D eigenvalue weighted by molar-refractivity contribution is 5.84. The number of ether oxygens (including phenoxy) is 3. The minimum atomic E-state index is -0.581. The highest BCUT2D eigenvalue weighted by Gasteiger charge is 2.23. The third-order valence-corrected chi connectivity index (χ3v) is 4.15. The van der Waals surface area contributed by atoms with Gasteiger partial charge in [0.2, 0.25) is 0 Å². The number of carbonyl (C=O) groups is 3. The summed E-state index contributed by atoms with van der Waals surface area (Å²) in [6.07, 6.45) is 0.710. The molecule has 1 aromatic rings. The van der Waals surface area contributed by atoms with Gasteiger partial charge in [-0.2, -0.15) is 0 Å². The minimum Gasteiger partial charge on any atom is -0.482 e. The lowest BCUT2D eigenvalue weighted by atomic mass is 9.89. The van der Waals surface area contributed by atoms with Crippen LogP contribution in [0, 0.1) is 5.41 Å². The summed E-state index contributed by atoms with van der Waals surface area (Å²) in [6.45, 7) is 9.90. The van der Waals surface area contributed by atoms with Crippen LogP contribution in [0.15, 0.2) is 24.3 Å². The van der Waals surface area contributed by atoms with Crippen LogP contribution in [0.3, 0.4) is 0 Å². The highest BCUT2D eigenvalue weighted by Crippen LogP contribution is 2.17. The summed E-state index contributed by atoms with van der Waals surface area (Å²) in [5.41, 5.74) is 0.435. The molecule has 162 valence electrons. The standard InChI is InChI=1S/C22H33NO6/c1-6-27-20(25)15-29-17-10-8-9-16(13-17)14-18(21(26)28-7-2)23-12-11-19(24)22(3,4)5/h8-10,13,18,23H,6-7,11-12,14-15H2,1-5H3. The quantitative estimate of drug-likeness (QED) is 0.533. The second-order valence-corrected chi connectivity index (χ2v) is 7.63. The molecule has 0 radical (unpaired) electrons. The Hall–Kier alpha value is -2.41. The Labute approximate surface area is 173 Å². The molecule has 7 heteroatoms. The second kappa shape index (κ2) is 12.2. The van der Waals surface area contributed by atoms with Crippen LogP contribution >= 0.6 is 0 Å². The van der Waals surface area contributed by atoms with Crippen LogP contribution in [-0.4, -0.2) is 50.1 Å². The monoisotopic (exact) mass is 407 g/mol. The third kappa shape index (κ3) is 9.56. The maximum absolute atomic E-state index is 12.3. The van der Waals surface area contributed by atoms with E-state index in [4.69, 9.17) is 14.2 Å². The van der Waals surface area contributed by atoms with Crippen molar-refractivity contribution in [1.82, 2.24) is 5.32 Å². The first-order valence-corrected chi connectivity index (χ1v) is 9.98. The van der Waals surface area contributed by atoms with Gasteiger partial charge in [-0.05, 0) is 38.0 Å². The van der Waals surface area contributed by atoms with Crippen LogP contribution in [0.1, 0.15) is 46.6 Å². The number of carbonyl (C=O) groups excluding carboxylic acids is 3. The Morgan fingerprint density at radius 1 is 1.07 bits per heavy atom. The van der Waals surface area contributed by atoms with E-state index >= 15 is 0 Å². The van der Waals surface area contributed by atoms with Gasteiger partial charge in [-0.15, -0.1) is 0 Å². The van der Waals surface area contributed by atoms with Crippen molar-refractivity contribution in [2.24, 2.45) is 5.41 Å². The number of hydrogen-bond acceptors (Lipinski definition) is 7. The molecule has 0 spiro atoms. The highest BCUT2D eigenvalue weighted by atomic mass is 16.6. The molecular weight excluding hydrogens is 374 g/mol. The Balaban J connectivity index is 2.73. The van der Waals surface area contributed by atoms with E-state index in [0.29, 0.717) is 31.7 Å². The predicted molar refractivity (Wildman–Crippen MR) is 110 cm³/mol. The van der Waals surface area contributed by atoms with Crippen molar-refractivity contribution in [2.75, 3.05) is 26.4 Å². The van der Waals surface area contributed by atoms with E-state index in [-0.39, 0.29) is 25.0 Å². The van der Waals surface area contributed by atoms with Crippen molar-refractivity contribution in [3.05, 3.63) is 29.8 Å². The molecule has 0 bridgehead atoms. The Morgan fingerprint density at radius 2 is 1.76 bits per heavy atom. The summed E-state index contributed by atoms with van der Waals surface area (Å²) in [7, 11) is 0. The topological polar surface area (TPSA) is 90.9 Å². The molecule has 1 N–H and O–H groups in total. The van der Waals surface area contributed by atoms with Gasteiger partial charge >= 0.3 is 11.9 Å². The summed E-state index contributed by atoms with van der Waals surface area (Å²) in [6, 6.07) is 6.58. The molecule has 0 amide bonds. The van der Waals surface area contributed by atoms with E-state index in [1.165, 1.54) is 0 Å². The summed E-state index contributed by atoms with van der Waals surface area (Å²) in [5, 5.41) is 3.13. The number of esters is 2. The van der Waals surface area contributed by atoms with Crippen LogP contribution in [0.2, 0.25) is 0 Å². The molecule has 0 saturated heterocycles. The number of ketones is 1. The molecule has 0 aliphatic rings. The van der Waals surface area contributed by atoms with Crippen LogP contribution in [0.5, 0.6) is 5.75 Å². The molecule has 1 rings (SSSR count). The smallest absolute Gasteiger partial charge is 0.344 e. The van der Waals surface area contributed by atoms with E-state index in [0.717, 1.165) is 5.56 Å². The van der Waals surface area contributed by atoms with Gasteiger partial charge in [-0.25, -0.2) is 4.79 Å². The minimum absolute atomic E-state index is 0.127. The number of Topliss-reactive ketones (excluding diaryl/α,β-unsaturated/α-hetero) is 1. The fourth-order valence-corrected chi connectivity index (χ4v) is 2.56. The third-order valence-electron chi connectivity index (χ3n) is 4.15. The maximum Gasteiger partial charge on any atom is 0.344 e. The Kier molecular flexibility index (Phi) is 10.4. The SMILES string of the molecule is CCOC(=O)COc1cccc(CC(NCCC(=O)C(C)(C)C)C(=O)OCC)c1.